The fourth-order valence-electron chi connectivity index (χ4n) is 1.85. The molecule has 0 bridgehead atoms. The first kappa shape index (κ1) is 11.7. The summed E-state index contributed by atoms with van der Waals surface area (Å²) in [5.41, 5.74) is 2.52. The summed E-state index contributed by atoms with van der Waals surface area (Å²) in [6, 6.07) is 5.82. The maximum atomic E-state index is 11.1. The minimum absolute atomic E-state index is 0.180. The number of unbranched alkanes of at least 4 members (excludes halogenated alkanes) is 1. The molecule has 0 amide bonds. The second-order valence-electron chi connectivity index (χ2n) is 4.16. The minimum atomic E-state index is -0.180. The number of fused-ring (bicyclic) bond motifs is 1. The summed E-state index contributed by atoms with van der Waals surface area (Å²) in [5, 5.41) is 8.73. The van der Waals surface area contributed by atoms with Crippen LogP contribution in [0.5, 0.6) is 0 Å². The molecule has 2 rings (SSSR count). The van der Waals surface area contributed by atoms with Crippen LogP contribution in [0.15, 0.2) is 23.0 Å². The van der Waals surface area contributed by atoms with Crippen molar-refractivity contribution in [3.8, 4) is 0 Å². The van der Waals surface area contributed by atoms with Crippen molar-refractivity contribution in [1.82, 2.24) is 9.97 Å². The molecule has 1 aromatic heterocycles. The van der Waals surface area contributed by atoms with Gasteiger partial charge in [0.1, 0.15) is 0 Å². The van der Waals surface area contributed by atoms with Gasteiger partial charge in [0, 0.05) is 25.9 Å². The Balaban J connectivity index is 2.14. The van der Waals surface area contributed by atoms with E-state index in [1.807, 2.05) is 25.2 Å². The number of rotatable bonds is 5. The lowest BCUT2D eigenvalue weighted by Crippen LogP contribution is -2.18. The minimum Gasteiger partial charge on any atom is -0.396 e. The number of imidazole rings is 1. The topological polar surface area (TPSA) is 72.1 Å². The lowest BCUT2D eigenvalue weighted by molar-refractivity contribution is 0.285. The molecular weight excluding hydrogens is 218 g/mol. The van der Waals surface area contributed by atoms with Gasteiger partial charge in [0.15, 0.2) is 0 Å². The number of nitrogens with zero attached hydrogens (tertiary/aromatic N) is 1. The summed E-state index contributed by atoms with van der Waals surface area (Å²) in [6.07, 6.45) is 1.77. The fourth-order valence-corrected chi connectivity index (χ4v) is 1.85. The predicted molar refractivity (Wildman–Crippen MR) is 68.5 cm³/mol. The second kappa shape index (κ2) is 5.05. The number of nitrogens with one attached hydrogen (secondary N) is 2. The first-order valence-electron chi connectivity index (χ1n) is 5.75. The smallest absolute Gasteiger partial charge is 0.323 e. The number of aliphatic hydroxyl groups excluding tert-OH is 1. The third-order valence-corrected chi connectivity index (χ3v) is 2.84. The van der Waals surface area contributed by atoms with Crippen molar-refractivity contribution in [2.24, 2.45) is 0 Å². The third-order valence-electron chi connectivity index (χ3n) is 2.84. The molecule has 2 aromatic rings. The summed E-state index contributed by atoms with van der Waals surface area (Å²) >= 11 is 0. The molecule has 0 fully saturated rings. The number of anilines is 1. The van der Waals surface area contributed by atoms with E-state index in [9.17, 15) is 4.79 Å². The Bertz CT molecular complexity index is 544. The molecule has 92 valence electrons. The quantitative estimate of drug-likeness (QED) is 0.679. The summed E-state index contributed by atoms with van der Waals surface area (Å²) < 4.78 is 0. The van der Waals surface area contributed by atoms with E-state index < -0.39 is 0 Å². The van der Waals surface area contributed by atoms with Crippen molar-refractivity contribution < 1.29 is 5.11 Å². The standard InChI is InChI=1S/C12H17N3O2/c1-15(6-2-3-7-16)9-4-5-10-11(8-9)14-12(17)13-10/h4-5,8,16H,2-3,6-7H2,1H3,(H2,13,14,17). The van der Waals surface area contributed by atoms with E-state index in [1.54, 1.807) is 0 Å². The van der Waals surface area contributed by atoms with Gasteiger partial charge in [-0.3, -0.25) is 0 Å². The van der Waals surface area contributed by atoms with Gasteiger partial charge in [-0.2, -0.15) is 0 Å². The molecule has 0 aliphatic rings. The third kappa shape index (κ3) is 2.68. The Hall–Kier alpha value is -1.75. The lowest BCUT2D eigenvalue weighted by atomic mass is 10.2. The van der Waals surface area contributed by atoms with Crippen molar-refractivity contribution in [2.45, 2.75) is 12.8 Å². The van der Waals surface area contributed by atoms with Crippen LogP contribution in [0.3, 0.4) is 0 Å². The van der Waals surface area contributed by atoms with Crippen LogP contribution in [-0.4, -0.2) is 35.3 Å². The fraction of sp³-hybridized carbons (Fsp3) is 0.417. The van der Waals surface area contributed by atoms with Crippen LogP contribution in [0.2, 0.25) is 0 Å². The number of hydrogen-bond acceptors (Lipinski definition) is 3. The zero-order valence-corrected chi connectivity index (χ0v) is 9.86. The van der Waals surface area contributed by atoms with Crippen molar-refractivity contribution in [1.29, 1.82) is 0 Å². The number of hydrogen-bond donors (Lipinski definition) is 3. The highest BCUT2D eigenvalue weighted by Crippen LogP contribution is 2.18. The van der Waals surface area contributed by atoms with Gasteiger partial charge in [0.25, 0.3) is 0 Å². The van der Waals surface area contributed by atoms with Gasteiger partial charge in [-0.05, 0) is 31.0 Å². The van der Waals surface area contributed by atoms with E-state index in [4.69, 9.17) is 5.11 Å². The van der Waals surface area contributed by atoms with Crippen LogP contribution in [0.4, 0.5) is 5.69 Å². The molecule has 0 aliphatic heterocycles. The highest BCUT2D eigenvalue weighted by atomic mass is 16.2. The van der Waals surface area contributed by atoms with Crippen LogP contribution in [0.1, 0.15) is 12.8 Å². The van der Waals surface area contributed by atoms with E-state index >= 15 is 0 Å². The number of aromatic amines is 2. The molecule has 1 heterocycles. The Labute approximate surface area is 99.1 Å². The average molecular weight is 235 g/mol. The van der Waals surface area contributed by atoms with Gasteiger partial charge in [0.2, 0.25) is 0 Å². The predicted octanol–water partition coefficient (Wildman–Crippen LogP) is 1.06. The number of aliphatic hydroxyl groups is 1. The van der Waals surface area contributed by atoms with Gasteiger partial charge >= 0.3 is 5.69 Å². The molecule has 0 atom stereocenters. The van der Waals surface area contributed by atoms with Gasteiger partial charge in [0.05, 0.1) is 11.0 Å². The summed E-state index contributed by atoms with van der Waals surface area (Å²) in [4.78, 5) is 18.7. The number of benzene rings is 1. The second-order valence-corrected chi connectivity index (χ2v) is 4.16. The van der Waals surface area contributed by atoms with Crippen LogP contribution in [-0.2, 0) is 0 Å². The van der Waals surface area contributed by atoms with E-state index in [0.29, 0.717) is 0 Å². The molecule has 0 unspecified atom stereocenters. The molecule has 0 saturated heterocycles. The first-order valence-corrected chi connectivity index (χ1v) is 5.75. The normalized spacial score (nSPS) is 10.9. The van der Waals surface area contributed by atoms with Crippen molar-refractivity contribution >= 4 is 16.7 Å². The highest BCUT2D eigenvalue weighted by molar-refractivity contribution is 5.78. The van der Waals surface area contributed by atoms with Crippen molar-refractivity contribution in [2.75, 3.05) is 25.1 Å². The van der Waals surface area contributed by atoms with Crippen LogP contribution in [0.25, 0.3) is 11.0 Å². The molecule has 1 aromatic carbocycles. The SMILES string of the molecule is CN(CCCCO)c1ccc2[nH]c(=O)[nH]c2c1. The van der Waals surface area contributed by atoms with E-state index in [1.165, 1.54) is 0 Å². The van der Waals surface area contributed by atoms with Gasteiger partial charge < -0.3 is 20.0 Å². The van der Waals surface area contributed by atoms with Gasteiger partial charge in [-0.1, -0.05) is 0 Å². The molecule has 5 nitrogen and oxygen atoms in total. The first-order chi connectivity index (χ1) is 8.20. The maximum absolute atomic E-state index is 11.1. The molecule has 0 spiro atoms. The van der Waals surface area contributed by atoms with Crippen LogP contribution < -0.4 is 10.6 Å². The lowest BCUT2D eigenvalue weighted by Gasteiger charge is -2.18. The van der Waals surface area contributed by atoms with Gasteiger partial charge in [-0.15, -0.1) is 0 Å². The Morgan fingerprint density at radius 1 is 1.24 bits per heavy atom. The Morgan fingerprint density at radius 2 is 2.00 bits per heavy atom. The molecule has 5 heteroatoms. The van der Waals surface area contributed by atoms with Gasteiger partial charge in [-0.25, -0.2) is 4.79 Å². The van der Waals surface area contributed by atoms with E-state index in [2.05, 4.69) is 14.9 Å². The molecular formula is C12H17N3O2. The average Bonchev–Trinajstić information content (AvgIpc) is 2.68. The van der Waals surface area contributed by atoms with E-state index in [-0.39, 0.29) is 12.3 Å². The van der Waals surface area contributed by atoms with E-state index in [0.717, 1.165) is 36.1 Å². The largest absolute Gasteiger partial charge is 0.396 e. The van der Waals surface area contributed by atoms with Crippen molar-refractivity contribution in [3.63, 3.8) is 0 Å². The Kier molecular flexibility index (Phi) is 3.49. The molecule has 3 N–H and O–H groups in total. The van der Waals surface area contributed by atoms with Crippen LogP contribution >= 0.6 is 0 Å². The summed E-state index contributed by atoms with van der Waals surface area (Å²) in [7, 11) is 2.00. The zero-order chi connectivity index (χ0) is 12.3. The molecule has 17 heavy (non-hydrogen) atoms. The Morgan fingerprint density at radius 3 is 2.76 bits per heavy atom. The summed E-state index contributed by atoms with van der Waals surface area (Å²) in [6.45, 7) is 1.12. The maximum Gasteiger partial charge on any atom is 0.323 e. The molecule has 0 radical (unpaired) electrons. The molecule has 0 aliphatic carbocycles. The monoisotopic (exact) mass is 235 g/mol. The molecule has 0 saturated carbocycles. The zero-order valence-electron chi connectivity index (χ0n) is 9.86. The summed E-state index contributed by atoms with van der Waals surface area (Å²) in [5.74, 6) is 0. The van der Waals surface area contributed by atoms with Crippen molar-refractivity contribution in [3.05, 3.63) is 28.7 Å². The number of H-pyrrole nitrogens is 2. The van der Waals surface area contributed by atoms with Crippen LogP contribution in [0, 0.1) is 0 Å². The highest BCUT2D eigenvalue weighted by Gasteiger charge is 2.03. The number of aromatic nitrogens is 2.